The fourth-order valence-electron chi connectivity index (χ4n) is 1.86. The summed E-state index contributed by atoms with van der Waals surface area (Å²) in [6, 6.07) is 8.46. The van der Waals surface area contributed by atoms with Crippen LogP contribution in [0.2, 0.25) is 0 Å². The van der Waals surface area contributed by atoms with Crippen LogP contribution >= 0.6 is 0 Å². The fraction of sp³-hybridized carbons (Fsp3) is 0.214. The molecule has 1 N–H and O–H groups in total. The smallest absolute Gasteiger partial charge is 0.276 e. The number of ether oxygens (including phenoxy) is 1. The van der Waals surface area contributed by atoms with Crippen LogP contribution in [0.3, 0.4) is 0 Å². The third-order valence-electron chi connectivity index (χ3n) is 2.88. The standard InChI is InChI=1S/C14H15N3O3/c1-10-12(17(18)19)6-3-7-13(10)20-14-11(9-15-2)5-4-8-16-14/h3-8,15H,9H2,1-2H3. The van der Waals surface area contributed by atoms with Crippen LogP contribution in [0, 0.1) is 17.0 Å². The second kappa shape index (κ2) is 6.12. The molecule has 2 rings (SSSR count). The topological polar surface area (TPSA) is 77.3 Å². The molecule has 0 saturated heterocycles. The van der Waals surface area contributed by atoms with Gasteiger partial charge in [0.2, 0.25) is 5.88 Å². The van der Waals surface area contributed by atoms with Gasteiger partial charge in [-0.1, -0.05) is 12.1 Å². The minimum Gasteiger partial charge on any atom is -0.438 e. The van der Waals surface area contributed by atoms with Crippen LogP contribution in [0.15, 0.2) is 36.5 Å². The minimum absolute atomic E-state index is 0.0357. The Kier molecular flexibility index (Phi) is 4.27. The predicted molar refractivity (Wildman–Crippen MR) is 74.9 cm³/mol. The number of aromatic nitrogens is 1. The lowest BCUT2D eigenvalue weighted by Crippen LogP contribution is -2.07. The van der Waals surface area contributed by atoms with E-state index in [1.807, 2.05) is 19.2 Å². The third kappa shape index (κ3) is 2.92. The first-order chi connectivity index (χ1) is 9.63. The maximum Gasteiger partial charge on any atom is 0.276 e. The van der Waals surface area contributed by atoms with Crippen LogP contribution in [-0.4, -0.2) is 17.0 Å². The Hall–Kier alpha value is -2.47. The molecule has 0 amide bonds. The van der Waals surface area contributed by atoms with Gasteiger partial charge in [0.15, 0.2) is 0 Å². The van der Waals surface area contributed by atoms with Gasteiger partial charge in [0.1, 0.15) is 5.75 Å². The molecule has 0 saturated carbocycles. The SMILES string of the molecule is CNCc1cccnc1Oc1cccc([N+](=O)[O-])c1C. The molecule has 104 valence electrons. The molecule has 0 aliphatic rings. The molecule has 0 aliphatic carbocycles. The number of pyridine rings is 1. The largest absolute Gasteiger partial charge is 0.438 e. The summed E-state index contributed by atoms with van der Waals surface area (Å²) < 4.78 is 5.73. The molecule has 0 bridgehead atoms. The van der Waals surface area contributed by atoms with Gasteiger partial charge in [-0.25, -0.2) is 4.98 Å². The molecular formula is C14H15N3O3. The van der Waals surface area contributed by atoms with Crippen molar-refractivity contribution < 1.29 is 9.66 Å². The van der Waals surface area contributed by atoms with E-state index in [-0.39, 0.29) is 5.69 Å². The Morgan fingerprint density at radius 1 is 1.35 bits per heavy atom. The number of nitrogens with zero attached hydrogens (tertiary/aromatic N) is 2. The summed E-state index contributed by atoms with van der Waals surface area (Å²) in [5.74, 6) is 0.890. The van der Waals surface area contributed by atoms with Gasteiger partial charge in [0, 0.05) is 24.4 Å². The summed E-state index contributed by atoms with van der Waals surface area (Å²) in [6.45, 7) is 2.27. The molecule has 6 nitrogen and oxygen atoms in total. The zero-order chi connectivity index (χ0) is 14.5. The van der Waals surface area contributed by atoms with Crippen molar-refractivity contribution >= 4 is 5.69 Å². The summed E-state index contributed by atoms with van der Waals surface area (Å²) in [5, 5.41) is 13.9. The number of hydrogen-bond donors (Lipinski definition) is 1. The number of hydrogen-bond acceptors (Lipinski definition) is 5. The van der Waals surface area contributed by atoms with E-state index in [9.17, 15) is 10.1 Å². The summed E-state index contributed by atoms with van der Waals surface area (Å²) in [7, 11) is 1.83. The molecule has 0 spiro atoms. The van der Waals surface area contributed by atoms with Gasteiger partial charge in [0.25, 0.3) is 5.69 Å². The van der Waals surface area contributed by atoms with E-state index in [0.717, 1.165) is 5.56 Å². The van der Waals surface area contributed by atoms with Crippen molar-refractivity contribution in [3.05, 3.63) is 57.8 Å². The first-order valence-corrected chi connectivity index (χ1v) is 6.14. The van der Waals surface area contributed by atoms with E-state index in [1.165, 1.54) is 6.07 Å². The number of rotatable bonds is 5. The molecule has 0 unspecified atom stereocenters. The van der Waals surface area contributed by atoms with Crippen LogP contribution < -0.4 is 10.1 Å². The summed E-state index contributed by atoms with van der Waals surface area (Å²) in [5.41, 5.74) is 1.41. The number of nitro groups is 1. The van der Waals surface area contributed by atoms with Gasteiger partial charge >= 0.3 is 0 Å². The van der Waals surface area contributed by atoms with Crippen LogP contribution in [0.5, 0.6) is 11.6 Å². The lowest BCUT2D eigenvalue weighted by Gasteiger charge is -2.11. The van der Waals surface area contributed by atoms with E-state index in [4.69, 9.17) is 4.74 Å². The Balaban J connectivity index is 2.35. The maximum absolute atomic E-state index is 10.9. The van der Waals surface area contributed by atoms with E-state index in [0.29, 0.717) is 23.7 Å². The van der Waals surface area contributed by atoms with E-state index in [2.05, 4.69) is 10.3 Å². The van der Waals surface area contributed by atoms with Gasteiger partial charge < -0.3 is 10.1 Å². The molecule has 2 aromatic rings. The number of nitro benzene ring substituents is 1. The Morgan fingerprint density at radius 3 is 2.85 bits per heavy atom. The third-order valence-corrected chi connectivity index (χ3v) is 2.88. The maximum atomic E-state index is 10.9. The molecule has 1 heterocycles. The molecule has 1 aromatic heterocycles. The lowest BCUT2D eigenvalue weighted by molar-refractivity contribution is -0.385. The van der Waals surface area contributed by atoms with Gasteiger partial charge in [-0.15, -0.1) is 0 Å². The molecule has 6 heteroatoms. The highest BCUT2D eigenvalue weighted by Gasteiger charge is 2.15. The van der Waals surface area contributed by atoms with Crippen molar-refractivity contribution in [1.82, 2.24) is 10.3 Å². The van der Waals surface area contributed by atoms with Gasteiger partial charge in [0.05, 0.1) is 10.5 Å². The normalized spacial score (nSPS) is 10.3. The van der Waals surface area contributed by atoms with Crippen molar-refractivity contribution in [3.63, 3.8) is 0 Å². The molecular weight excluding hydrogens is 258 g/mol. The van der Waals surface area contributed by atoms with Crippen molar-refractivity contribution in [3.8, 4) is 11.6 Å². The van der Waals surface area contributed by atoms with Gasteiger partial charge in [-0.2, -0.15) is 0 Å². The molecule has 0 radical (unpaired) electrons. The minimum atomic E-state index is -0.422. The zero-order valence-electron chi connectivity index (χ0n) is 11.3. The van der Waals surface area contributed by atoms with Crippen LogP contribution in [0.25, 0.3) is 0 Å². The second-order valence-electron chi connectivity index (χ2n) is 4.26. The van der Waals surface area contributed by atoms with Crippen molar-refractivity contribution in [2.24, 2.45) is 0 Å². The van der Waals surface area contributed by atoms with Crippen LogP contribution in [-0.2, 0) is 6.54 Å². The van der Waals surface area contributed by atoms with E-state index >= 15 is 0 Å². The van der Waals surface area contributed by atoms with Crippen LogP contribution in [0.4, 0.5) is 5.69 Å². The molecule has 0 aliphatic heterocycles. The predicted octanol–water partition coefficient (Wildman–Crippen LogP) is 2.81. The van der Waals surface area contributed by atoms with Crippen LogP contribution in [0.1, 0.15) is 11.1 Å². The quantitative estimate of drug-likeness (QED) is 0.669. The first-order valence-electron chi connectivity index (χ1n) is 6.14. The number of benzene rings is 1. The fourth-order valence-corrected chi connectivity index (χ4v) is 1.86. The van der Waals surface area contributed by atoms with Crippen molar-refractivity contribution in [1.29, 1.82) is 0 Å². The Bertz CT molecular complexity index is 629. The van der Waals surface area contributed by atoms with E-state index in [1.54, 1.807) is 25.3 Å². The highest BCUT2D eigenvalue weighted by molar-refractivity contribution is 5.49. The van der Waals surface area contributed by atoms with E-state index < -0.39 is 4.92 Å². The monoisotopic (exact) mass is 273 g/mol. The average molecular weight is 273 g/mol. The summed E-state index contributed by atoms with van der Waals surface area (Å²) in [6.07, 6.45) is 1.63. The molecule has 0 atom stereocenters. The second-order valence-corrected chi connectivity index (χ2v) is 4.26. The average Bonchev–Trinajstić information content (AvgIpc) is 2.43. The molecule has 20 heavy (non-hydrogen) atoms. The van der Waals surface area contributed by atoms with Gasteiger partial charge in [-0.05, 0) is 26.1 Å². The first kappa shape index (κ1) is 14.0. The Morgan fingerprint density at radius 2 is 2.15 bits per heavy atom. The van der Waals surface area contributed by atoms with Crippen molar-refractivity contribution in [2.75, 3.05) is 7.05 Å². The zero-order valence-corrected chi connectivity index (χ0v) is 11.3. The Labute approximate surface area is 116 Å². The molecule has 1 aromatic carbocycles. The lowest BCUT2D eigenvalue weighted by atomic mass is 10.2. The highest BCUT2D eigenvalue weighted by atomic mass is 16.6. The highest BCUT2D eigenvalue weighted by Crippen LogP contribution is 2.31. The number of nitrogens with one attached hydrogen (secondary N) is 1. The summed E-state index contributed by atoms with van der Waals surface area (Å²) >= 11 is 0. The molecule has 0 fully saturated rings. The van der Waals surface area contributed by atoms with Gasteiger partial charge in [-0.3, -0.25) is 10.1 Å². The summed E-state index contributed by atoms with van der Waals surface area (Å²) in [4.78, 5) is 14.7. The van der Waals surface area contributed by atoms with Crippen molar-refractivity contribution in [2.45, 2.75) is 13.5 Å².